The smallest absolute Gasteiger partial charge is 0.215 e. The summed E-state index contributed by atoms with van der Waals surface area (Å²) in [6.07, 6.45) is 0. The van der Waals surface area contributed by atoms with Crippen LogP contribution in [-0.2, 0) is 16.6 Å². The van der Waals surface area contributed by atoms with Gasteiger partial charge in [0.2, 0.25) is 10.0 Å². The number of nitrogens with two attached hydrogens (primary N) is 1. The summed E-state index contributed by atoms with van der Waals surface area (Å²) in [5.74, 6) is 0. The first kappa shape index (κ1) is 13.1. The maximum absolute atomic E-state index is 11.5. The number of sulfonamides is 1. The molecule has 0 radical (unpaired) electrons. The number of nitrogens with one attached hydrogen (secondary N) is 1. The number of hydrogen-bond acceptors (Lipinski definition) is 4. The van der Waals surface area contributed by atoms with Crippen LogP contribution in [0.4, 0.5) is 0 Å². The fourth-order valence-electron chi connectivity index (χ4n) is 0.887. The third-order valence-electron chi connectivity index (χ3n) is 1.94. The van der Waals surface area contributed by atoms with Gasteiger partial charge in [-0.15, -0.1) is 11.3 Å². The minimum Gasteiger partial charge on any atom is -0.329 e. The van der Waals surface area contributed by atoms with E-state index in [-0.39, 0.29) is 6.54 Å². The Morgan fingerprint density at radius 3 is 2.73 bits per heavy atom. The SMILES string of the molecule is CC(CN)S(=O)(=O)NCc1ccc(Br)s1. The molecule has 0 amide bonds. The fraction of sp³-hybridized carbons (Fsp3) is 0.500. The van der Waals surface area contributed by atoms with E-state index in [2.05, 4.69) is 20.7 Å². The molecular formula is C8H13BrN2O2S2. The van der Waals surface area contributed by atoms with Gasteiger partial charge in [0.25, 0.3) is 0 Å². The lowest BCUT2D eigenvalue weighted by Gasteiger charge is -2.10. The Hall–Kier alpha value is 0.0500. The van der Waals surface area contributed by atoms with Crippen LogP contribution >= 0.6 is 27.3 Å². The molecule has 0 saturated carbocycles. The highest BCUT2D eigenvalue weighted by atomic mass is 79.9. The van der Waals surface area contributed by atoms with Crippen LogP contribution in [0.15, 0.2) is 15.9 Å². The Balaban J connectivity index is 2.57. The molecule has 3 N–H and O–H groups in total. The average Bonchev–Trinajstić information content (AvgIpc) is 2.60. The van der Waals surface area contributed by atoms with Gasteiger partial charge in [0, 0.05) is 18.0 Å². The van der Waals surface area contributed by atoms with E-state index >= 15 is 0 Å². The summed E-state index contributed by atoms with van der Waals surface area (Å²) in [5, 5.41) is -0.555. The summed E-state index contributed by atoms with van der Waals surface area (Å²) in [6, 6.07) is 3.77. The predicted octanol–water partition coefficient (Wildman–Crippen LogP) is 1.28. The molecule has 86 valence electrons. The van der Waals surface area contributed by atoms with Gasteiger partial charge < -0.3 is 5.73 Å². The molecule has 0 aliphatic heterocycles. The van der Waals surface area contributed by atoms with Crippen molar-refractivity contribution in [1.29, 1.82) is 0 Å². The van der Waals surface area contributed by atoms with Gasteiger partial charge >= 0.3 is 0 Å². The summed E-state index contributed by atoms with van der Waals surface area (Å²) in [6.45, 7) is 2.04. The van der Waals surface area contributed by atoms with E-state index in [9.17, 15) is 8.42 Å². The van der Waals surface area contributed by atoms with E-state index < -0.39 is 15.3 Å². The molecule has 4 nitrogen and oxygen atoms in total. The van der Waals surface area contributed by atoms with E-state index in [1.807, 2.05) is 12.1 Å². The molecule has 0 aliphatic carbocycles. The third kappa shape index (κ3) is 3.84. The second kappa shape index (κ2) is 5.40. The summed E-state index contributed by atoms with van der Waals surface area (Å²) in [7, 11) is -3.28. The second-order valence-corrected chi connectivity index (χ2v) is 7.85. The Labute approximate surface area is 102 Å². The van der Waals surface area contributed by atoms with Crippen LogP contribution in [0, 0.1) is 0 Å². The van der Waals surface area contributed by atoms with Crippen molar-refractivity contribution in [3.05, 3.63) is 20.8 Å². The molecule has 1 heterocycles. The molecule has 0 aliphatic rings. The van der Waals surface area contributed by atoms with E-state index in [1.165, 1.54) is 11.3 Å². The van der Waals surface area contributed by atoms with Gasteiger partial charge in [-0.1, -0.05) is 0 Å². The van der Waals surface area contributed by atoms with Gasteiger partial charge in [0.15, 0.2) is 0 Å². The number of thiophene rings is 1. The van der Waals surface area contributed by atoms with Crippen LogP contribution < -0.4 is 10.5 Å². The van der Waals surface area contributed by atoms with Crippen LogP contribution in [0.5, 0.6) is 0 Å². The lowest BCUT2D eigenvalue weighted by Crippen LogP contribution is -2.36. The Morgan fingerprint density at radius 2 is 2.27 bits per heavy atom. The molecule has 0 saturated heterocycles. The van der Waals surface area contributed by atoms with Gasteiger partial charge in [0.05, 0.1) is 9.04 Å². The van der Waals surface area contributed by atoms with Gasteiger partial charge in [-0.3, -0.25) is 0 Å². The minimum atomic E-state index is -3.28. The predicted molar refractivity (Wildman–Crippen MR) is 66.3 cm³/mol. The second-order valence-electron chi connectivity index (χ2n) is 3.12. The van der Waals surface area contributed by atoms with Crippen molar-refractivity contribution in [3.8, 4) is 0 Å². The first-order valence-corrected chi connectivity index (χ1v) is 7.54. The molecule has 0 bridgehead atoms. The Bertz CT molecular complexity index is 416. The van der Waals surface area contributed by atoms with Crippen molar-refractivity contribution in [2.75, 3.05) is 6.54 Å². The molecule has 15 heavy (non-hydrogen) atoms. The lowest BCUT2D eigenvalue weighted by atomic mass is 10.5. The largest absolute Gasteiger partial charge is 0.329 e. The summed E-state index contributed by atoms with van der Waals surface area (Å²) >= 11 is 4.82. The summed E-state index contributed by atoms with van der Waals surface area (Å²) in [5.41, 5.74) is 5.31. The molecular weight excluding hydrogens is 300 g/mol. The zero-order valence-electron chi connectivity index (χ0n) is 8.23. The summed E-state index contributed by atoms with van der Waals surface area (Å²) in [4.78, 5) is 0.967. The topological polar surface area (TPSA) is 72.2 Å². The Kier molecular flexibility index (Phi) is 4.72. The lowest BCUT2D eigenvalue weighted by molar-refractivity contribution is 0.569. The third-order valence-corrected chi connectivity index (χ3v) is 5.36. The zero-order chi connectivity index (χ0) is 11.5. The number of rotatable bonds is 5. The molecule has 7 heteroatoms. The molecule has 1 aromatic heterocycles. The first-order chi connectivity index (χ1) is 6.95. The molecule has 0 aromatic carbocycles. The van der Waals surface area contributed by atoms with Crippen molar-refractivity contribution in [3.63, 3.8) is 0 Å². The monoisotopic (exact) mass is 312 g/mol. The Morgan fingerprint density at radius 1 is 1.60 bits per heavy atom. The maximum atomic E-state index is 11.5. The first-order valence-electron chi connectivity index (χ1n) is 4.38. The van der Waals surface area contributed by atoms with Crippen molar-refractivity contribution in [2.45, 2.75) is 18.7 Å². The van der Waals surface area contributed by atoms with E-state index in [0.29, 0.717) is 6.54 Å². The molecule has 0 fully saturated rings. The normalized spacial score (nSPS) is 14.1. The van der Waals surface area contributed by atoms with E-state index in [1.54, 1.807) is 6.92 Å². The molecule has 1 aromatic rings. The minimum absolute atomic E-state index is 0.128. The molecule has 1 unspecified atom stereocenters. The highest BCUT2D eigenvalue weighted by Crippen LogP contribution is 2.21. The van der Waals surface area contributed by atoms with Crippen molar-refractivity contribution in [2.24, 2.45) is 5.73 Å². The van der Waals surface area contributed by atoms with E-state index in [0.717, 1.165) is 8.66 Å². The molecule has 1 atom stereocenters. The van der Waals surface area contributed by atoms with Crippen LogP contribution in [-0.4, -0.2) is 20.2 Å². The fourth-order valence-corrected chi connectivity index (χ4v) is 3.30. The standard InChI is InChI=1S/C8H13BrN2O2S2/c1-6(4-10)15(12,13)11-5-7-2-3-8(9)14-7/h2-3,6,11H,4-5,10H2,1H3. The molecule has 1 rings (SSSR count). The van der Waals surface area contributed by atoms with Crippen LogP contribution in [0.25, 0.3) is 0 Å². The zero-order valence-corrected chi connectivity index (χ0v) is 11.5. The van der Waals surface area contributed by atoms with Crippen molar-refractivity contribution < 1.29 is 8.42 Å². The van der Waals surface area contributed by atoms with Crippen molar-refractivity contribution in [1.82, 2.24) is 4.72 Å². The van der Waals surface area contributed by atoms with Gasteiger partial charge in [-0.2, -0.15) is 0 Å². The highest BCUT2D eigenvalue weighted by molar-refractivity contribution is 9.11. The highest BCUT2D eigenvalue weighted by Gasteiger charge is 2.18. The van der Waals surface area contributed by atoms with Gasteiger partial charge in [-0.25, -0.2) is 13.1 Å². The van der Waals surface area contributed by atoms with Gasteiger partial charge in [0.1, 0.15) is 0 Å². The average molecular weight is 313 g/mol. The summed E-state index contributed by atoms with van der Waals surface area (Å²) < 4.78 is 26.6. The number of hydrogen-bond donors (Lipinski definition) is 2. The van der Waals surface area contributed by atoms with E-state index in [4.69, 9.17) is 5.73 Å². The van der Waals surface area contributed by atoms with Crippen LogP contribution in [0.1, 0.15) is 11.8 Å². The van der Waals surface area contributed by atoms with Crippen LogP contribution in [0.2, 0.25) is 0 Å². The van der Waals surface area contributed by atoms with Gasteiger partial charge in [-0.05, 0) is 35.0 Å². The number of halogens is 1. The van der Waals surface area contributed by atoms with Crippen LogP contribution in [0.3, 0.4) is 0 Å². The van der Waals surface area contributed by atoms with Crippen molar-refractivity contribution >= 4 is 37.3 Å². The maximum Gasteiger partial charge on any atom is 0.215 e. The molecule has 0 spiro atoms. The quantitative estimate of drug-likeness (QED) is 0.860.